The van der Waals surface area contributed by atoms with Gasteiger partial charge in [0.25, 0.3) is 0 Å². The fourth-order valence-electron chi connectivity index (χ4n) is 3.98. The summed E-state index contributed by atoms with van der Waals surface area (Å²) in [6.45, 7) is 3.11. The first-order chi connectivity index (χ1) is 16.7. The molecule has 186 valence electrons. The van der Waals surface area contributed by atoms with E-state index in [1.807, 2.05) is 48.5 Å². The first-order valence-electron chi connectivity index (χ1n) is 11.0. The molecule has 0 spiro atoms. The highest BCUT2D eigenvalue weighted by atomic mass is 35.5. The van der Waals surface area contributed by atoms with Crippen LogP contribution in [-0.4, -0.2) is 57.0 Å². The predicted octanol–water partition coefficient (Wildman–Crippen LogP) is 6.41. The van der Waals surface area contributed by atoms with Crippen molar-refractivity contribution in [2.45, 2.75) is 11.0 Å². The first kappa shape index (κ1) is 26.7. The summed E-state index contributed by atoms with van der Waals surface area (Å²) in [5, 5.41) is 1.92. The van der Waals surface area contributed by atoms with E-state index in [9.17, 15) is 8.42 Å². The molecule has 4 rings (SSSR count). The van der Waals surface area contributed by atoms with E-state index in [4.69, 9.17) is 51.1 Å². The molecule has 35 heavy (non-hydrogen) atoms. The van der Waals surface area contributed by atoms with Crippen LogP contribution in [0.3, 0.4) is 0 Å². The smallest absolute Gasteiger partial charge is 0.243 e. The highest BCUT2D eigenvalue weighted by molar-refractivity contribution is 7.89. The van der Waals surface area contributed by atoms with Gasteiger partial charge in [-0.2, -0.15) is 4.31 Å². The molecule has 1 saturated heterocycles. The van der Waals surface area contributed by atoms with E-state index in [0.717, 1.165) is 11.1 Å². The molecule has 1 aliphatic rings. The van der Waals surface area contributed by atoms with Gasteiger partial charge < -0.3 is 4.74 Å². The Bertz CT molecular complexity index is 1180. The topological polar surface area (TPSA) is 49.9 Å². The minimum absolute atomic E-state index is 0.112. The zero-order valence-corrected chi connectivity index (χ0v) is 22.6. The molecule has 3 aromatic carbocycles. The zero-order valence-electron chi connectivity index (χ0n) is 18.7. The van der Waals surface area contributed by atoms with Crippen LogP contribution < -0.4 is 0 Å². The van der Waals surface area contributed by atoms with Crippen LogP contribution in [0, 0.1) is 0 Å². The number of rotatable bonds is 8. The van der Waals surface area contributed by atoms with E-state index in [2.05, 4.69) is 4.90 Å². The molecule has 0 saturated carbocycles. The Kier molecular flexibility index (Phi) is 9.00. The van der Waals surface area contributed by atoms with Crippen molar-refractivity contribution in [2.75, 3.05) is 39.3 Å². The van der Waals surface area contributed by atoms with Crippen molar-refractivity contribution >= 4 is 56.4 Å². The average molecular weight is 574 g/mol. The number of hydrogen-bond acceptors (Lipinski definition) is 4. The average Bonchev–Trinajstić information content (AvgIpc) is 2.83. The summed E-state index contributed by atoms with van der Waals surface area (Å²) in [4.78, 5) is 2.30. The fourth-order valence-corrected chi connectivity index (χ4v) is 6.38. The van der Waals surface area contributed by atoms with Crippen LogP contribution in [0.25, 0.3) is 0 Å². The molecule has 1 aliphatic heterocycles. The minimum atomic E-state index is -3.66. The highest BCUT2D eigenvalue weighted by Crippen LogP contribution is 2.29. The second-order valence-electron chi connectivity index (χ2n) is 8.20. The van der Waals surface area contributed by atoms with Crippen LogP contribution in [0.4, 0.5) is 0 Å². The van der Waals surface area contributed by atoms with Crippen molar-refractivity contribution in [3.8, 4) is 0 Å². The van der Waals surface area contributed by atoms with Gasteiger partial charge in [0.2, 0.25) is 10.0 Å². The summed E-state index contributed by atoms with van der Waals surface area (Å²) in [7, 11) is -3.66. The molecule has 10 heteroatoms. The number of ether oxygens (including phenoxy) is 1. The third kappa shape index (κ3) is 6.90. The van der Waals surface area contributed by atoms with Crippen LogP contribution >= 0.6 is 46.4 Å². The Morgan fingerprint density at radius 1 is 0.714 bits per heavy atom. The molecule has 0 atom stereocenters. The van der Waals surface area contributed by atoms with E-state index < -0.39 is 10.0 Å². The van der Waals surface area contributed by atoms with Gasteiger partial charge in [-0.15, -0.1) is 0 Å². The maximum absolute atomic E-state index is 13.0. The molecule has 1 fully saturated rings. The van der Waals surface area contributed by atoms with Gasteiger partial charge in [-0.05, 0) is 53.6 Å². The molecule has 0 bridgehead atoms. The maximum Gasteiger partial charge on any atom is 0.243 e. The summed E-state index contributed by atoms with van der Waals surface area (Å²) < 4.78 is 33.8. The summed E-state index contributed by atoms with van der Waals surface area (Å²) in [5.74, 6) is 0. The Morgan fingerprint density at radius 2 is 1.20 bits per heavy atom. The zero-order chi connectivity index (χ0) is 25.0. The van der Waals surface area contributed by atoms with Gasteiger partial charge in [0.05, 0.1) is 11.5 Å². The van der Waals surface area contributed by atoms with Crippen LogP contribution in [0.2, 0.25) is 20.1 Å². The summed E-state index contributed by atoms with van der Waals surface area (Å²) in [6.07, 6.45) is -0.265. The number of hydrogen-bond donors (Lipinski definition) is 0. The second kappa shape index (κ2) is 11.8. The Morgan fingerprint density at radius 3 is 1.69 bits per heavy atom. The van der Waals surface area contributed by atoms with E-state index in [1.54, 1.807) is 0 Å². The van der Waals surface area contributed by atoms with Gasteiger partial charge in [0.1, 0.15) is 6.10 Å². The molecule has 0 unspecified atom stereocenters. The largest absolute Gasteiger partial charge is 0.367 e. The molecule has 1 heterocycles. The second-order valence-corrected chi connectivity index (χ2v) is 11.9. The van der Waals surface area contributed by atoms with Crippen LogP contribution in [0.15, 0.2) is 71.6 Å². The maximum atomic E-state index is 13.0. The molecule has 0 radical (unpaired) electrons. The number of sulfonamides is 1. The SMILES string of the molecule is O=S(=O)(c1cc(Cl)cc(Cl)c1)N1CCN(CCOC(c2ccc(Cl)cc2)c2ccc(Cl)cc2)CC1. The van der Waals surface area contributed by atoms with Gasteiger partial charge in [-0.1, -0.05) is 70.7 Å². The Hall–Kier alpha value is -1.35. The number of nitrogens with zero attached hydrogens (tertiary/aromatic N) is 2. The van der Waals surface area contributed by atoms with Gasteiger partial charge in [-0.3, -0.25) is 4.90 Å². The summed E-state index contributed by atoms with van der Waals surface area (Å²) >= 11 is 24.1. The van der Waals surface area contributed by atoms with Crippen molar-refractivity contribution in [1.82, 2.24) is 9.21 Å². The van der Waals surface area contributed by atoms with Gasteiger partial charge in [-0.25, -0.2) is 8.42 Å². The Labute approximate surface area is 226 Å². The summed E-state index contributed by atoms with van der Waals surface area (Å²) in [6, 6.07) is 19.5. The molecular formula is C25H24Cl4N2O3S. The van der Waals surface area contributed by atoms with Crippen molar-refractivity contribution < 1.29 is 13.2 Å². The molecular weight excluding hydrogens is 550 g/mol. The third-order valence-electron chi connectivity index (χ3n) is 5.84. The molecule has 0 aromatic heterocycles. The normalized spacial score (nSPS) is 15.6. The lowest BCUT2D eigenvalue weighted by Gasteiger charge is -2.34. The van der Waals surface area contributed by atoms with E-state index >= 15 is 0 Å². The van der Waals surface area contributed by atoms with Crippen molar-refractivity contribution in [3.63, 3.8) is 0 Å². The Balaban J connectivity index is 1.35. The molecule has 0 aliphatic carbocycles. The van der Waals surface area contributed by atoms with E-state index in [0.29, 0.717) is 59.4 Å². The number of benzene rings is 3. The van der Waals surface area contributed by atoms with Gasteiger partial charge in [0, 0.05) is 52.8 Å². The monoisotopic (exact) mass is 572 g/mol. The van der Waals surface area contributed by atoms with E-state index in [1.165, 1.54) is 22.5 Å². The quantitative estimate of drug-likeness (QED) is 0.312. The van der Waals surface area contributed by atoms with Crippen LogP contribution in [0.5, 0.6) is 0 Å². The summed E-state index contributed by atoms with van der Waals surface area (Å²) in [5.41, 5.74) is 1.99. The number of halogens is 4. The molecule has 0 N–H and O–H groups in total. The van der Waals surface area contributed by atoms with Gasteiger partial charge >= 0.3 is 0 Å². The van der Waals surface area contributed by atoms with E-state index in [-0.39, 0.29) is 11.0 Å². The van der Waals surface area contributed by atoms with Crippen molar-refractivity contribution in [2.24, 2.45) is 0 Å². The lowest BCUT2D eigenvalue weighted by atomic mass is 10.0. The fraction of sp³-hybridized carbons (Fsp3) is 0.280. The van der Waals surface area contributed by atoms with Crippen molar-refractivity contribution in [3.05, 3.63) is 97.9 Å². The molecule has 0 amide bonds. The number of piperazine rings is 1. The third-order valence-corrected chi connectivity index (χ3v) is 8.66. The minimum Gasteiger partial charge on any atom is -0.367 e. The van der Waals surface area contributed by atoms with Crippen molar-refractivity contribution in [1.29, 1.82) is 0 Å². The molecule has 3 aromatic rings. The van der Waals surface area contributed by atoms with Gasteiger partial charge in [0.15, 0.2) is 0 Å². The standard InChI is InChI=1S/C25H24Cl4N2O3S/c26-20-5-1-18(2-6-20)25(19-3-7-21(27)8-4-19)34-14-13-30-9-11-31(12-10-30)35(32,33)24-16-22(28)15-23(29)17-24/h1-8,15-17,25H,9-14H2. The first-order valence-corrected chi connectivity index (χ1v) is 14.0. The van der Waals surface area contributed by atoms with Crippen LogP contribution in [0.1, 0.15) is 17.2 Å². The van der Waals surface area contributed by atoms with Crippen LogP contribution in [-0.2, 0) is 14.8 Å². The molecule has 5 nitrogen and oxygen atoms in total. The highest BCUT2D eigenvalue weighted by Gasteiger charge is 2.29. The predicted molar refractivity (Wildman–Crippen MR) is 142 cm³/mol. The lowest BCUT2D eigenvalue weighted by Crippen LogP contribution is -2.49. The lowest BCUT2D eigenvalue weighted by molar-refractivity contribution is 0.0527.